The Labute approximate surface area is 123 Å². The molecule has 1 N–H and O–H groups in total. The molecule has 20 heavy (non-hydrogen) atoms. The van der Waals surface area contributed by atoms with Crippen molar-refractivity contribution in [3.63, 3.8) is 0 Å². The standard InChI is InChI=1S/C17H28N2O/c1-14(18-16-5-4-12-19(2)13-16)6-7-15-8-10-17(20-3)11-9-15/h8-11,14,16,18H,4-7,12-13H2,1-3H3. The minimum absolute atomic E-state index is 0.577. The van der Waals surface area contributed by atoms with E-state index < -0.39 is 0 Å². The van der Waals surface area contributed by atoms with E-state index in [1.165, 1.54) is 37.9 Å². The second-order valence-corrected chi connectivity index (χ2v) is 6.06. The molecule has 1 aromatic rings. The number of methoxy groups -OCH3 is 1. The van der Waals surface area contributed by atoms with Gasteiger partial charge in [0, 0.05) is 18.6 Å². The molecule has 2 atom stereocenters. The fraction of sp³-hybridized carbons (Fsp3) is 0.647. The second-order valence-electron chi connectivity index (χ2n) is 6.06. The van der Waals surface area contributed by atoms with E-state index in [9.17, 15) is 0 Å². The van der Waals surface area contributed by atoms with Crippen LogP contribution in [0.25, 0.3) is 0 Å². The summed E-state index contributed by atoms with van der Waals surface area (Å²) in [6.45, 7) is 4.74. The molecule has 0 amide bonds. The van der Waals surface area contributed by atoms with Crippen LogP contribution in [0.5, 0.6) is 5.75 Å². The lowest BCUT2D eigenvalue weighted by Gasteiger charge is -2.32. The van der Waals surface area contributed by atoms with Crippen molar-refractivity contribution in [3.05, 3.63) is 29.8 Å². The molecule has 1 heterocycles. The van der Waals surface area contributed by atoms with Gasteiger partial charge in [-0.25, -0.2) is 0 Å². The summed E-state index contributed by atoms with van der Waals surface area (Å²) in [5, 5.41) is 3.78. The molecule has 0 aliphatic carbocycles. The number of nitrogens with zero attached hydrogens (tertiary/aromatic N) is 1. The van der Waals surface area contributed by atoms with Crippen LogP contribution in [0.2, 0.25) is 0 Å². The van der Waals surface area contributed by atoms with Crippen molar-refractivity contribution in [1.29, 1.82) is 0 Å². The van der Waals surface area contributed by atoms with Crippen molar-refractivity contribution in [3.8, 4) is 5.75 Å². The summed E-state index contributed by atoms with van der Waals surface area (Å²) in [7, 11) is 3.93. The van der Waals surface area contributed by atoms with Crippen molar-refractivity contribution in [2.24, 2.45) is 0 Å². The van der Waals surface area contributed by atoms with E-state index in [4.69, 9.17) is 4.74 Å². The first kappa shape index (κ1) is 15.3. The van der Waals surface area contributed by atoms with E-state index >= 15 is 0 Å². The smallest absolute Gasteiger partial charge is 0.118 e. The van der Waals surface area contributed by atoms with Gasteiger partial charge in [-0.15, -0.1) is 0 Å². The SMILES string of the molecule is COc1ccc(CCC(C)NC2CCCN(C)C2)cc1. The predicted octanol–water partition coefficient (Wildman–Crippen LogP) is 2.70. The highest BCUT2D eigenvalue weighted by atomic mass is 16.5. The van der Waals surface area contributed by atoms with Crippen LogP contribution >= 0.6 is 0 Å². The molecule has 0 saturated carbocycles. The van der Waals surface area contributed by atoms with E-state index in [1.807, 2.05) is 12.1 Å². The normalized spacial score (nSPS) is 21.6. The van der Waals surface area contributed by atoms with Crippen LogP contribution in [-0.2, 0) is 6.42 Å². The number of ether oxygens (including phenoxy) is 1. The van der Waals surface area contributed by atoms with Gasteiger partial charge in [-0.3, -0.25) is 0 Å². The summed E-state index contributed by atoms with van der Waals surface area (Å²) >= 11 is 0. The van der Waals surface area contributed by atoms with Gasteiger partial charge in [-0.05, 0) is 63.9 Å². The third-order valence-corrected chi connectivity index (χ3v) is 4.17. The first-order chi connectivity index (χ1) is 9.67. The summed E-state index contributed by atoms with van der Waals surface area (Å²) in [5.74, 6) is 0.935. The summed E-state index contributed by atoms with van der Waals surface area (Å²) in [5.41, 5.74) is 1.39. The van der Waals surface area contributed by atoms with Crippen LogP contribution in [0.1, 0.15) is 31.7 Å². The number of likely N-dealkylation sites (tertiary alicyclic amines) is 1. The molecular weight excluding hydrogens is 248 g/mol. The monoisotopic (exact) mass is 276 g/mol. The van der Waals surface area contributed by atoms with Gasteiger partial charge in [0.15, 0.2) is 0 Å². The molecule has 1 fully saturated rings. The van der Waals surface area contributed by atoms with Crippen molar-refractivity contribution < 1.29 is 4.74 Å². The summed E-state index contributed by atoms with van der Waals surface area (Å²) in [6, 6.07) is 9.67. The lowest BCUT2D eigenvalue weighted by Crippen LogP contribution is -2.47. The zero-order valence-electron chi connectivity index (χ0n) is 13.1. The number of hydrogen-bond donors (Lipinski definition) is 1. The largest absolute Gasteiger partial charge is 0.497 e. The topological polar surface area (TPSA) is 24.5 Å². The Morgan fingerprint density at radius 2 is 2.10 bits per heavy atom. The molecule has 0 radical (unpaired) electrons. The van der Waals surface area contributed by atoms with Gasteiger partial charge in [0.05, 0.1) is 7.11 Å². The second kappa shape index (κ2) is 7.65. The Bertz CT molecular complexity index is 390. The van der Waals surface area contributed by atoms with E-state index in [-0.39, 0.29) is 0 Å². The molecule has 112 valence electrons. The molecule has 0 bridgehead atoms. The van der Waals surface area contributed by atoms with Crippen LogP contribution in [0, 0.1) is 0 Å². The Morgan fingerprint density at radius 1 is 1.35 bits per heavy atom. The van der Waals surface area contributed by atoms with Gasteiger partial charge in [0.1, 0.15) is 5.75 Å². The van der Waals surface area contributed by atoms with E-state index in [0.29, 0.717) is 12.1 Å². The minimum Gasteiger partial charge on any atom is -0.497 e. The number of aryl methyl sites for hydroxylation is 1. The Balaban J connectivity index is 1.72. The maximum atomic E-state index is 5.19. The van der Waals surface area contributed by atoms with Crippen LogP contribution in [-0.4, -0.2) is 44.2 Å². The molecule has 2 unspecified atom stereocenters. The predicted molar refractivity (Wildman–Crippen MR) is 84.4 cm³/mol. The van der Waals surface area contributed by atoms with E-state index in [1.54, 1.807) is 7.11 Å². The highest BCUT2D eigenvalue weighted by Gasteiger charge is 2.18. The number of likely N-dealkylation sites (N-methyl/N-ethyl adjacent to an activating group) is 1. The summed E-state index contributed by atoms with van der Waals surface area (Å²) in [6.07, 6.45) is 4.95. The van der Waals surface area contributed by atoms with Crippen molar-refractivity contribution in [2.75, 3.05) is 27.2 Å². The first-order valence-corrected chi connectivity index (χ1v) is 7.75. The first-order valence-electron chi connectivity index (χ1n) is 7.75. The molecule has 3 nitrogen and oxygen atoms in total. The molecular formula is C17H28N2O. The van der Waals surface area contributed by atoms with Crippen LogP contribution in [0.3, 0.4) is 0 Å². The Hall–Kier alpha value is -1.06. The van der Waals surface area contributed by atoms with Gasteiger partial charge in [0.2, 0.25) is 0 Å². The lowest BCUT2D eigenvalue weighted by molar-refractivity contribution is 0.216. The number of nitrogens with one attached hydrogen (secondary N) is 1. The Morgan fingerprint density at radius 3 is 2.75 bits per heavy atom. The van der Waals surface area contributed by atoms with Gasteiger partial charge in [-0.1, -0.05) is 12.1 Å². The third kappa shape index (κ3) is 4.80. The fourth-order valence-electron chi connectivity index (χ4n) is 2.96. The van der Waals surface area contributed by atoms with Crippen LogP contribution < -0.4 is 10.1 Å². The van der Waals surface area contributed by atoms with E-state index in [0.717, 1.165) is 12.2 Å². The number of hydrogen-bond acceptors (Lipinski definition) is 3. The average molecular weight is 276 g/mol. The van der Waals surface area contributed by atoms with Gasteiger partial charge in [-0.2, -0.15) is 0 Å². The molecule has 2 rings (SSSR count). The molecule has 1 aliphatic rings. The molecule has 3 heteroatoms. The highest BCUT2D eigenvalue weighted by Crippen LogP contribution is 2.14. The average Bonchev–Trinajstić information content (AvgIpc) is 2.46. The summed E-state index contributed by atoms with van der Waals surface area (Å²) < 4.78 is 5.19. The minimum atomic E-state index is 0.577. The molecule has 1 saturated heterocycles. The number of benzene rings is 1. The molecule has 1 aromatic carbocycles. The Kier molecular flexibility index (Phi) is 5.86. The van der Waals surface area contributed by atoms with Crippen molar-refractivity contribution in [2.45, 2.75) is 44.7 Å². The third-order valence-electron chi connectivity index (χ3n) is 4.17. The fourth-order valence-corrected chi connectivity index (χ4v) is 2.96. The van der Waals surface area contributed by atoms with Gasteiger partial charge < -0.3 is 15.0 Å². The maximum absolute atomic E-state index is 5.19. The highest BCUT2D eigenvalue weighted by molar-refractivity contribution is 5.27. The number of piperidine rings is 1. The van der Waals surface area contributed by atoms with Gasteiger partial charge in [0.25, 0.3) is 0 Å². The molecule has 0 spiro atoms. The maximum Gasteiger partial charge on any atom is 0.118 e. The molecule has 1 aliphatic heterocycles. The van der Waals surface area contributed by atoms with Gasteiger partial charge >= 0.3 is 0 Å². The van der Waals surface area contributed by atoms with Crippen molar-refractivity contribution >= 4 is 0 Å². The van der Waals surface area contributed by atoms with E-state index in [2.05, 4.69) is 36.3 Å². The quantitative estimate of drug-likeness (QED) is 0.864. The lowest BCUT2D eigenvalue weighted by atomic mass is 10.0. The zero-order valence-corrected chi connectivity index (χ0v) is 13.1. The summed E-state index contributed by atoms with van der Waals surface area (Å²) in [4.78, 5) is 2.43. The van der Waals surface area contributed by atoms with Crippen LogP contribution in [0.15, 0.2) is 24.3 Å². The number of rotatable bonds is 6. The zero-order chi connectivity index (χ0) is 14.4. The van der Waals surface area contributed by atoms with Crippen molar-refractivity contribution in [1.82, 2.24) is 10.2 Å². The molecule has 0 aromatic heterocycles. The van der Waals surface area contributed by atoms with Crippen LogP contribution in [0.4, 0.5) is 0 Å².